The minimum atomic E-state index is -3.48. The molecule has 0 aliphatic carbocycles. The maximum Gasteiger partial charge on any atom is 0.219 e. The number of sulfone groups is 1. The van der Waals surface area contributed by atoms with Gasteiger partial charge in [-0.05, 0) is 24.3 Å². The first-order valence-corrected chi connectivity index (χ1v) is 6.52. The van der Waals surface area contributed by atoms with E-state index >= 15 is 0 Å². The Kier molecular flexibility index (Phi) is 2.72. The molecule has 15 heavy (non-hydrogen) atoms. The molecular weight excluding hydrogens is 256 g/mol. The third-order valence-electron chi connectivity index (χ3n) is 1.73. The second-order valence-electron chi connectivity index (χ2n) is 2.69. The number of aromatic nitrogens is 2. The first kappa shape index (κ1) is 10.5. The highest BCUT2D eigenvalue weighted by molar-refractivity contribution is 7.93. The first-order valence-electron chi connectivity index (χ1n) is 3.89. The molecule has 2 rings (SSSR count). The zero-order chi connectivity index (χ0) is 10.9. The number of hydrogen-bond donors (Lipinski definition) is 0. The molecule has 7 heteroatoms. The molecule has 1 aromatic heterocycles. The molecule has 0 spiro atoms. The fraction of sp³-hybridized carbons (Fsp3) is 0. The Balaban J connectivity index is 2.52. The van der Waals surface area contributed by atoms with E-state index in [2.05, 4.69) is 9.59 Å². The van der Waals surface area contributed by atoms with Gasteiger partial charge in [0.05, 0.1) is 11.1 Å². The number of hydrogen-bond acceptors (Lipinski definition) is 5. The normalized spacial score (nSPS) is 11.5. The number of halogens is 1. The summed E-state index contributed by atoms with van der Waals surface area (Å²) in [5.74, 6) is 0. The summed E-state index contributed by atoms with van der Waals surface area (Å²) in [6, 6.07) is 5.97. The summed E-state index contributed by atoms with van der Waals surface area (Å²) < 4.78 is 27.4. The Morgan fingerprint density at radius 2 is 1.87 bits per heavy atom. The number of nitrogens with zero attached hydrogens (tertiary/aromatic N) is 2. The van der Waals surface area contributed by atoms with E-state index in [-0.39, 0.29) is 9.10 Å². The van der Waals surface area contributed by atoms with Crippen molar-refractivity contribution >= 4 is 33.0 Å². The lowest BCUT2D eigenvalue weighted by Gasteiger charge is -1.99. The van der Waals surface area contributed by atoms with Crippen molar-refractivity contribution < 1.29 is 8.42 Å². The number of benzene rings is 1. The van der Waals surface area contributed by atoms with Crippen molar-refractivity contribution in [1.82, 2.24) is 9.59 Å². The monoisotopic (exact) mass is 260 g/mol. The van der Waals surface area contributed by atoms with Crippen LogP contribution in [0.2, 0.25) is 5.02 Å². The standard InChI is InChI=1S/C8H5ClN2O2S2/c9-6-1-3-7(4-2-6)15(12,13)8-5-10-11-14-8/h1-5H. The van der Waals surface area contributed by atoms with Gasteiger partial charge in [-0.15, -0.1) is 5.10 Å². The minimum Gasteiger partial charge on any atom is -0.218 e. The summed E-state index contributed by atoms with van der Waals surface area (Å²) in [6.45, 7) is 0. The van der Waals surface area contributed by atoms with Crippen LogP contribution in [0.25, 0.3) is 0 Å². The molecule has 0 saturated heterocycles. The van der Waals surface area contributed by atoms with Gasteiger partial charge in [-0.3, -0.25) is 0 Å². The molecule has 0 unspecified atom stereocenters. The van der Waals surface area contributed by atoms with Gasteiger partial charge in [0, 0.05) is 16.6 Å². The van der Waals surface area contributed by atoms with Gasteiger partial charge in [0.25, 0.3) is 0 Å². The molecule has 0 aliphatic rings. The van der Waals surface area contributed by atoms with Crippen molar-refractivity contribution in [3.8, 4) is 0 Å². The van der Waals surface area contributed by atoms with Gasteiger partial charge in [0.2, 0.25) is 9.84 Å². The van der Waals surface area contributed by atoms with Gasteiger partial charge in [0.1, 0.15) is 0 Å². The van der Waals surface area contributed by atoms with Crippen LogP contribution in [0.1, 0.15) is 0 Å². The smallest absolute Gasteiger partial charge is 0.218 e. The lowest BCUT2D eigenvalue weighted by atomic mass is 10.4. The SMILES string of the molecule is O=S(=O)(c1ccc(Cl)cc1)c1cnns1. The lowest BCUT2D eigenvalue weighted by molar-refractivity contribution is 0.598. The average molecular weight is 261 g/mol. The molecule has 2 aromatic rings. The van der Waals surface area contributed by atoms with Crippen molar-refractivity contribution in [1.29, 1.82) is 0 Å². The van der Waals surface area contributed by atoms with Crippen molar-refractivity contribution in [2.24, 2.45) is 0 Å². The molecule has 0 fully saturated rings. The highest BCUT2D eigenvalue weighted by Gasteiger charge is 2.19. The fourth-order valence-corrected chi connectivity index (χ4v) is 3.10. The zero-order valence-electron chi connectivity index (χ0n) is 7.29. The Morgan fingerprint density at radius 1 is 1.20 bits per heavy atom. The Morgan fingerprint density at radius 3 is 2.40 bits per heavy atom. The molecule has 0 radical (unpaired) electrons. The minimum absolute atomic E-state index is 0.129. The van der Waals surface area contributed by atoms with Crippen LogP contribution >= 0.6 is 23.1 Å². The molecule has 0 N–H and O–H groups in total. The van der Waals surface area contributed by atoms with E-state index < -0.39 is 9.84 Å². The van der Waals surface area contributed by atoms with Gasteiger partial charge in [0.15, 0.2) is 4.21 Å². The third-order valence-corrected chi connectivity index (χ3v) is 4.85. The molecule has 0 saturated carbocycles. The molecule has 0 bridgehead atoms. The molecule has 0 amide bonds. The van der Waals surface area contributed by atoms with Crippen LogP contribution in [0, 0.1) is 0 Å². The second-order valence-corrected chi connectivity index (χ2v) is 6.09. The summed E-state index contributed by atoms with van der Waals surface area (Å²) in [5, 5.41) is 3.99. The average Bonchev–Trinajstić information content (AvgIpc) is 2.71. The third kappa shape index (κ3) is 2.01. The largest absolute Gasteiger partial charge is 0.219 e. The van der Waals surface area contributed by atoms with Crippen LogP contribution in [0.4, 0.5) is 0 Å². The van der Waals surface area contributed by atoms with E-state index in [0.29, 0.717) is 5.02 Å². The zero-order valence-corrected chi connectivity index (χ0v) is 9.68. The topological polar surface area (TPSA) is 59.9 Å². The summed E-state index contributed by atoms with van der Waals surface area (Å²) >= 11 is 6.52. The molecule has 0 aliphatic heterocycles. The second kappa shape index (κ2) is 3.88. The lowest BCUT2D eigenvalue weighted by Crippen LogP contribution is -1.98. The fourth-order valence-electron chi connectivity index (χ4n) is 1.01. The van der Waals surface area contributed by atoms with Crippen LogP contribution in [0.15, 0.2) is 39.6 Å². The van der Waals surface area contributed by atoms with Crippen LogP contribution in [-0.4, -0.2) is 18.0 Å². The van der Waals surface area contributed by atoms with E-state index in [1.165, 1.54) is 30.5 Å². The van der Waals surface area contributed by atoms with E-state index in [9.17, 15) is 8.42 Å². The van der Waals surface area contributed by atoms with E-state index in [1.54, 1.807) is 0 Å². The summed E-state index contributed by atoms with van der Waals surface area (Å²) in [6.07, 6.45) is 1.23. The van der Waals surface area contributed by atoms with E-state index in [4.69, 9.17) is 11.6 Å². The summed E-state index contributed by atoms with van der Waals surface area (Å²) in [7, 11) is -3.48. The van der Waals surface area contributed by atoms with Gasteiger partial charge in [-0.2, -0.15) is 0 Å². The van der Waals surface area contributed by atoms with Gasteiger partial charge < -0.3 is 0 Å². The van der Waals surface area contributed by atoms with Gasteiger partial charge >= 0.3 is 0 Å². The molecule has 78 valence electrons. The van der Waals surface area contributed by atoms with E-state index in [1.807, 2.05) is 0 Å². The highest BCUT2D eigenvalue weighted by Crippen LogP contribution is 2.23. The Bertz CT molecular complexity index is 549. The Labute approximate surface area is 95.6 Å². The van der Waals surface area contributed by atoms with Gasteiger partial charge in [-0.1, -0.05) is 16.1 Å². The maximum atomic E-state index is 11.9. The summed E-state index contributed by atoms with van der Waals surface area (Å²) in [4.78, 5) is 0.193. The van der Waals surface area contributed by atoms with Crippen LogP contribution in [0.3, 0.4) is 0 Å². The number of rotatable bonds is 2. The highest BCUT2D eigenvalue weighted by atomic mass is 35.5. The van der Waals surface area contributed by atoms with Crippen molar-refractivity contribution in [2.45, 2.75) is 9.10 Å². The van der Waals surface area contributed by atoms with Crippen molar-refractivity contribution in [3.63, 3.8) is 0 Å². The van der Waals surface area contributed by atoms with Crippen LogP contribution in [0.5, 0.6) is 0 Å². The first-order chi connectivity index (χ1) is 7.10. The molecular formula is C8H5ClN2O2S2. The maximum absolute atomic E-state index is 11.9. The van der Waals surface area contributed by atoms with Gasteiger partial charge in [-0.25, -0.2) is 8.42 Å². The quantitative estimate of drug-likeness (QED) is 0.829. The predicted molar refractivity (Wildman–Crippen MR) is 56.8 cm³/mol. The Hall–Kier alpha value is -0.980. The molecule has 1 aromatic carbocycles. The van der Waals surface area contributed by atoms with Crippen molar-refractivity contribution in [3.05, 3.63) is 35.5 Å². The molecule has 1 heterocycles. The molecule has 0 atom stereocenters. The van der Waals surface area contributed by atoms with Crippen molar-refractivity contribution in [2.75, 3.05) is 0 Å². The predicted octanol–water partition coefficient (Wildman–Crippen LogP) is 2.02. The van der Waals surface area contributed by atoms with Crippen LogP contribution < -0.4 is 0 Å². The molecule has 4 nitrogen and oxygen atoms in total. The van der Waals surface area contributed by atoms with Crippen LogP contribution in [-0.2, 0) is 9.84 Å². The van der Waals surface area contributed by atoms with E-state index in [0.717, 1.165) is 11.5 Å². The summed E-state index contributed by atoms with van der Waals surface area (Å²) in [5.41, 5.74) is 0.